The largest absolute Gasteiger partial charge is 0.325 e. The van der Waals surface area contributed by atoms with Crippen molar-refractivity contribution in [2.24, 2.45) is 0 Å². The van der Waals surface area contributed by atoms with E-state index in [-0.39, 0.29) is 11.7 Å². The summed E-state index contributed by atoms with van der Waals surface area (Å²) in [6.07, 6.45) is 0. The molecule has 0 bridgehead atoms. The van der Waals surface area contributed by atoms with Crippen LogP contribution in [0.1, 0.15) is 19.4 Å². The van der Waals surface area contributed by atoms with Crippen molar-refractivity contribution >= 4 is 22.8 Å². The van der Waals surface area contributed by atoms with Gasteiger partial charge in [-0.05, 0) is 38.5 Å². The van der Waals surface area contributed by atoms with Gasteiger partial charge in [-0.1, -0.05) is 0 Å². The smallest absolute Gasteiger partial charge is 0.323 e. The SMILES string of the molecule is CCN(CC)C(=O)Nc1cc2[nH]c(=O)[nH]c2cc1C. The Morgan fingerprint density at radius 1 is 1.21 bits per heavy atom. The van der Waals surface area contributed by atoms with Gasteiger partial charge in [-0.15, -0.1) is 0 Å². The summed E-state index contributed by atoms with van der Waals surface area (Å²) in [7, 11) is 0. The molecule has 0 saturated carbocycles. The molecule has 1 aromatic carbocycles. The summed E-state index contributed by atoms with van der Waals surface area (Å²) in [6, 6.07) is 3.47. The molecule has 0 spiro atoms. The maximum atomic E-state index is 12.0. The molecule has 6 nitrogen and oxygen atoms in total. The lowest BCUT2D eigenvalue weighted by atomic mass is 10.2. The number of imidazole rings is 1. The van der Waals surface area contributed by atoms with Crippen LogP contribution in [0.4, 0.5) is 10.5 Å². The number of rotatable bonds is 3. The van der Waals surface area contributed by atoms with Crippen LogP contribution in [0.3, 0.4) is 0 Å². The minimum atomic E-state index is -0.249. The third kappa shape index (κ3) is 2.62. The van der Waals surface area contributed by atoms with E-state index < -0.39 is 0 Å². The number of H-pyrrole nitrogens is 2. The Hall–Kier alpha value is -2.24. The fraction of sp³-hybridized carbons (Fsp3) is 0.385. The van der Waals surface area contributed by atoms with Crippen LogP contribution in [-0.4, -0.2) is 34.0 Å². The van der Waals surface area contributed by atoms with Gasteiger partial charge in [0.1, 0.15) is 0 Å². The molecular formula is C13H18N4O2. The van der Waals surface area contributed by atoms with E-state index in [1.165, 1.54) is 0 Å². The fourth-order valence-corrected chi connectivity index (χ4v) is 2.03. The minimum Gasteiger partial charge on any atom is -0.325 e. The van der Waals surface area contributed by atoms with Crippen molar-refractivity contribution in [2.75, 3.05) is 18.4 Å². The van der Waals surface area contributed by atoms with E-state index in [2.05, 4.69) is 15.3 Å². The van der Waals surface area contributed by atoms with Crippen molar-refractivity contribution in [2.45, 2.75) is 20.8 Å². The Morgan fingerprint density at radius 2 is 1.79 bits per heavy atom. The number of carbonyl (C=O) groups excluding carboxylic acids is 1. The number of hydrogen-bond acceptors (Lipinski definition) is 2. The Bertz CT molecular complexity index is 652. The lowest BCUT2D eigenvalue weighted by Gasteiger charge is -2.20. The van der Waals surface area contributed by atoms with Crippen LogP contribution in [0, 0.1) is 6.92 Å². The molecule has 0 aliphatic carbocycles. The number of anilines is 1. The lowest BCUT2D eigenvalue weighted by molar-refractivity contribution is 0.217. The molecule has 0 saturated heterocycles. The second kappa shape index (κ2) is 5.17. The van der Waals surface area contributed by atoms with E-state index in [1.54, 1.807) is 11.0 Å². The number of urea groups is 1. The first-order valence-electron chi connectivity index (χ1n) is 6.33. The van der Waals surface area contributed by atoms with Crippen LogP contribution < -0.4 is 11.0 Å². The molecule has 1 heterocycles. The normalized spacial score (nSPS) is 10.7. The maximum absolute atomic E-state index is 12.0. The van der Waals surface area contributed by atoms with Gasteiger partial charge in [0.25, 0.3) is 0 Å². The molecule has 0 unspecified atom stereocenters. The molecule has 6 heteroatoms. The number of nitrogens with zero attached hydrogens (tertiary/aromatic N) is 1. The van der Waals surface area contributed by atoms with E-state index in [1.807, 2.05) is 26.8 Å². The molecule has 0 radical (unpaired) electrons. The summed E-state index contributed by atoms with van der Waals surface area (Å²) < 4.78 is 0. The van der Waals surface area contributed by atoms with E-state index in [4.69, 9.17) is 0 Å². The molecule has 0 atom stereocenters. The molecule has 2 amide bonds. The standard InChI is InChI=1S/C13H18N4O2/c1-4-17(5-2)13(19)16-9-7-11-10(6-8(9)3)14-12(18)15-11/h6-7H,4-5H2,1-3H3,(H,16,19)(H2,14,15,18). The molecule has 0 aliphatic rings. The number of aromatic nitrogens is 2. The number of fused-ring (bicyclic) bond motifs is 1. The molecule has 19 heavy (non-hydrogen) atoms. The fourth-order valence-electron chi connectivity index (χ4n) is 2.03. The maximum Gasteiger partial charge on any atom is 0.323 e. The van der Waals surface area contributed by atoms with E-state index >= 15 is 0 Å². The van der Waals surface area contributed by atoms with Crippen molar-refractivity contribution in [1.29, 1.82) is 0 Å². The first-order chi connectivity index (χ1) is 9.05. The van der Waals surface area contributed by atoms with Gasteiger partial charge in [0.05, 0.1) is 11.0 Å². The molecule has 2 aromatic rings. The van der Waals surface area contributed by atoms with Gasteiger partial charge in [0, 0.05) is 18.8 Å². The first-order valence-corrected chi connectivity index (χ1v) is 6.33. The van der Waals surface area contributed by atoms with Crippen LogP contribution in [0.5, 0.6) is 0 Å². The molecule has 1 aromatic heterocycles. The van der Waals surface area contributed by atoms with Crippen LogP contribution in [0.25, 0.3) is 11.0 Å². The van der Waals surface area contributed by atoms with Gasteiger partial charge in [-0.3, -0.25) is 0 Å². The summed E-state index contributed by atoms with van der Waals surface area (Å²) in [4.78, 5) is 30.3. The zero-order valence-corrected chi connectivity index (χ0v) is 11.3. The molecule has 3 N–H and O–H groups in total. The summed E-state index contributed by atoms with van der Waals surface area (Å²) in [6.45, 7) is 7.07. The van der Waals surface area contributed by atoms with Crippen molar-refractivity contribution in [1.82, 2.24) is 14.9 Å². The van der Waals surface area contributed by atoms with E-state index in [9.17, 15) is 9.59 Å². The minimum absolute atomic E-state index is 0.134. The van der Waals surface area contributed by atoms with Crippen molar-refractivity contribution in [3.8, 4) is 0 Å². The highest BCUT2D eigenvalue weighted by atomic mass is 16.2. The second-order valence-corrected chi connectivity index (χ2v) is 4.39. The van der Waals surface area contributed by atoms with Crippen LogP contribution >= 0.6 is 0 Å². The Labute approximate surface area is 110 Å². The number of carbonyl (C=O) groups is 1. The van der Waals surface area contributed by atoms with Crippen molar-refractivity contribution in [3.63, 3.8) is 0 Å². The number of aryl methyl sites for hydroxylation is 1. The number of amides is 2. The highest BCUT2D eigenvalue weighted by Crippen LogP contribution is 2.20. The van der Waals surface area contributed by atoms with Crippen LogP contribution in [0.2, 0.25) is 0 Å². The molecule has 0 aliphatic heterocycles. The predicted octanol–water partition coefficient (Wildman–Crippen LogP) is 2.04. The molecular weight excluding hydrogens is 244 g/mol. The first kappa shape index (κ1) is 13.2. The van der Waals surface area contributed by atoms with Gasteiger partial charge < -0.3 is 20.2 Å². The summed E-state index contributed by atoms with van der Waals surface area (Å²) in [5.74, 6) is 0. The number of nitrogens with one attached hydrogen (secondary N) is 3. The lowest BCUT2D eigenvalue weighted by Crippen LogP contribution is -2.34. The molecule has 102 valence electrons. The topological polar surface area (TPSA) is 81.0 Å². The van der Waals surface area contributed by atoms with Gasteiger partial charge in [-0.2, -0.15) is 0 Å². The van der Waals surface area contributed by atoms with Crippen LogP contribution in [-0.2, 0) is 0 Å². The Balaban J connectivity index is 2.32. The van der Waals surface area contributed by atoms with Crippen molar-refractivity contribution in [3.05, 3.63) is 28.2 Å². The highest BCUT2D eigenvalue weighted by Gasteiger charge is 2.12. The van der Waals surface area contributed by atoms with Gasteiger partial charge in [0.15, 0.2) is 0 Å². The Morgan fingerprint density at radius 3 is 2.37 bits per heavy atom. The summed E-state index contributed by atoms with van der Waals surface area (Å²) in [5.41, 5.74) is 2.79. The van der Waals surface area contributed by atoms with Crippen molar-refractivity contribution < 1.29 is 4.79 Å². The zero-order valence-electron chi connectivity index (χ0n) is 11.3. The Kier molecular flexibility index (Phi) is 3.59. The van der Waals surface area contributed by atoms with Crippen LogP contribution in [0.15, 0.2) is 16.9 Å². The monoisotopic (exact) mass is 262 g/mol. The second-order valence-electron chi connectivity index (χ2n) is 4.39. The quantitative estimate of drug-likeness (QED) is 0.791. The number of hydrogen-bond donors (Lipinski definition) is 3. The average molecular weight is 262 g/mol. The average Bonchev–Trinajstić information content (AvgIpc) is 2.70. The third-order valence-electron chi connectivity index (χ3n) is 3.15. The third-order valence-corrected chi connectivity index (χ3v) is 3.15. The van der Waals surface area contributed by atoms with E-state index in [0.29, 0.717) is 24.3 Å². The number of benzene rings is 1. The molecule has 2 rings (SSSR count). The van der Waals surface area contributed by atoms with E-state index in [0.717, 1.165) is 11.1 Å². The summed E-state index contributed by atoms with van der Waals surface area (Å²) >= 11 is 0. The van der Waals surface area contributed by atoms with Gasteiger partial charge in [-0.25, -0.2) is 9.59 Å². The van der Waals surface area contributed by atoms with Gasteiger partial charge in [0.2, 0.25) is 0 Å². The van der Waals surface area contributed by atoms with Gasteiger partial charge >= 0.3 is 11.7 Å². The summed E-state index contributed by atoms with van der Waals surface area (Å²) in [5, 5.41) is 2.86. The predicted molar refractivity (Wildman–Crippen MR) is 75.6 cm³/mol. The zero-order chi connectivity index (χ0) is 14.0. The number of aromatic amines is 2. The molecule has 0 fully saturated rings. The highest BCUT2D eigenvalue weighted by molar-refractivity contribution is 5.93.